The van der Waals surface area contributed by atoms with Gasteiger partial charge in [-0.05, 0) is 48.4 Å². The van der Waals surface area contributed by atoms with Gasteiger partial charge in [0.05, 0.1) is 16.8 Å². The average molecular weight is 397 g/mol. The van der Waals surface area contributed by atoms with Crippen LogP contribution in [0.1, 0.15) is 21.5 Å². The molecule has 0 radical (unpaired) electrons. The molecule has 0 aliphatic carbocycles. The number of pyridine rings is 2. The van der Waals surface area contributed by atoms with Gasteiger partial charge in [0.25, 0.3) is 5.91 Å². The molecule has 6 heteroatoms. The molecule has 2 aromatic heterocycles. The Bertz CT molecular complexity index is 1260. The van der Waals surface area contributed by atoms with Gasteiger partial charge >= 0.3 is 0 Å². The lowest BCUT2D eigenvalue weighted by molar-refractivity contribution is 0.0952. The molecule has 5 rings (SSSR count). The predicted octanol–water partition coefficient (Wildman–Crippen LogP) is 4.26. The molecule has 0 atom stereocenters. The molecule has 4 aromatic rings. The van der Waals surface area contributed by atoms with Crippen LogP contribution in [0.5, 0.6) is 11.5 Å². The van der Waals surface area contributed by atoms with Crippen molar-refractivity contribution in [3.63, 3.8) is 0 Å². The zero-order chi connectivity index (χ0) is 20.5. The summed E-state index contributed by atoms with van der Waals surface area (Å²) < 4.78 is 10.8. The number of aromatic nitrogens is 2. The van der Waals surface area contributed by atoms with Crippen LogP contribution in [0.25, 0.3) is 22.2 Å². The van der Waals surface area contributed by atoms with Gasteiger partial charge in [0, 0.05) is 29.9 Å². The third-order valence-corrected chi connectivity index (χ3v) is 5.13. The van der Waals surface area contributed by atoms with Crippen LogP contribution in [0.4, 0.5) is 0 Å². The van der Waals surface area contributed by atoms with Crippen molar-refractivity contribution in [1.29, 1.82) is 0 Å². The Morgan fingerprint density at radius 3 is 2.83 bits per heavy atom. The van der Waals surface area contributed by atoms with Gasteiger partial charge < -0.3 is 14.8 Å². The Labute approximate surface area is 173 Å². The Morgan fingerprint density at radius 1 is 1.07 bits per heavy atom. The fourth-order valence-corrected chi connectivity index (χ4v) is 3.57. The number of nitrogens with zero attached hydrogens (tertiary/aromatic N) is 2. The SMILES string of the molecule is Cc1cccc2c(C(=O)NCc3ccc4c(c3)OCO4)cc(-c3cccnc3)nc12. The number of amides is 1. The molecule has 1 aliphatic heterocycles. The first-order valence-corrected chi connectivity index (χ1v) is 9.66. The van der Waals surface area contributed by atoms with Gasteiger partial charge in [0.2, 0.25) is 6.79 Å². The molecule has 148 valence electrons. The largest absolute Gasteiger partial charge is 0.454 e. The van der Waals surface area contributed by atoms with Crippen LogP contribution in [-0.4, -0.2) is 22.7 Å². The second kappa shape index (κ2) is 7.48. The van der Waals surface area contributed by atoms with E-state index in [0.717, 1.165) is 39.0 Å². The molecule has 0 bridgehead atoms. The summed E-state index contributed by atoms with van der Waals surface area (Å²) in [5.74, 6) is 1.27. The van der Waals surface area contributed by atoms with Crippen LogP contribution in [-0.2, 0) is 6.54 Å². The highest BCUT2D eigenvalue weighted by atomic mass is 16.7. The summed E-state index contributed by atoms with van der Waals surface area (Å²) in [6, 6.07) is 17.2. The quantitative estimate of drug-likeness (QED) is 0.557. The molecule has 0 saturated heterocycles. The summed E-state index contributed by atoms with van der Waals surface area (Å²) in [5, 5.41) is 3.84. The molecule has 0 unspecified atom stereocenters. The highest BCUT2D eigenvalue weighted by Crippen LogP contribution is 2.32. The van der Waals surface area contributed by atoms with E-state index in [1.807, 2.05) is 61.5 Å². The zero-order valence-electron chi connectivity index (χ0n) is 16.4. The minimum Gasteiger partial charge on any atom is -0.454 e. The minimum atomic E-state index is -0.157. The lowest BCUT2D eigenvalue weighted by atomic mass is 10.0. The maximum atomic E-state index is 13.2. The Kier molecular flexibility index (Phi) is 4.52. The number of para-hydroxylation sites is 1. The van der Waals surface area contributed by atoms with Crippen molar-refractivity contribution in [2.24, 2.45) is 0 Å². The predicted molar refractivity (Wildman–Crippen MR) is 113 cm³/mol. The van der Waals surface area contributed by atoms with E-state index >= 15 is 0 Å². The van der Waals surface area contributed by atoms with Crippen molar-refractivity contribution in [2.45, 2.75) is 13.5 Å². The van der Waals surface area contributed by atoms with E-state index in [1.54, 1.807) is 12.4 Å². The normalized spacial score (nSPS) is 12.2. The Morgan fingerprint density at radius 2 is 1.97 bits per heavy atom. The van der Waals surface area contributed by atoms with E-state index in [4.69, 9.17) is 14.5 Å². The first-order valence-electron chi connectivity index (χ1n) is 9.66. The lowest BCUT2D eigenvalue weighted by Gasteiger charge is -2.12. The molecule has 30 heavy (non-hydrogen) atoms. The smallest absolute Gasteiger partial charge is 0.252 e. The fraction of sp³-hybridized carbons (Fsp3) is 0.125. The summed E-state index contributed by atoms with van der Waals surface area (Å²) in [5.41, 5.74) is 4.94. The van der Waals surface area contributed by atoms with Crippen LogP contribution < -0.4 is 14.8 Å². The molecule has 6 nitrogen and oxygen atoms in total. The van der Waals surface area contributed by atoms with Crippen molar-refractivity contribution in [3.05, 3.63) is 83.7 Å². The third-order valence-electron chi connectivity index (χ3n) is 5.13. The summed E-state index contributed by atoms with van der Waals surface area (Å²) in [6.45, 7) is 2.61. The maximum absolute atomic E-state index is 13.2. The summed E-state index contributed by atoms with van der Waals surface area (Å²) in [6.07, 6.45) is 3.47. The molecule has 1 amide bonds. The van der Waals surface area contributed by atoms with Crippen molar-refractivity contribution in [3.8, 4) is 22.8 Å². The molecule has 0 saturated carbocycles. The van der Waals surface area contributed by atoms with Gasteiger partial charge in [-0.1, -0.05) is 24.3 Å². The van der Waals surface area contributed by atoms with Crippen molar-refractivity contribution in [2.75, 3.05) is 6.79 Å². The summed E-state index contributed by atoms with van der Waals surface area (Å²) >= 11 is 0. The summed E-state index contributed by atoms with van der Waals surface area (Å²) in [4.78, 5) is 22.1. The van der Waals surface area contributed by atoms with E-state index in [9.17, 15) is 4.79 Å². The number of rotatable bonds is 4. The van der Waals surface area contributed by atoms with Gasteiger partial charge in [-0.25, -0.2) is 4.98 Å². The van der Waals surface area contributed by atoms with Crippen LogP contribution in [0.2, 0.25) is 0 Å². The van der Waals surface area contributed by atoms with E-state index in [2.05, 4.69) is 10.3 Å². The van der Waals surface area contributed by atoms with E-state index < -0.39 is 0 Å². The number of hydrogen-bond donors (Lipinski definition) is 1. The number of aryl methyl sites for hydroxylation is 1. The molecule has 0 spiro atoms. The van der Waals surface area contributed by atoms with Crippen LogP contribution in [0.15, 0.2) is 67.0 Å². The standard InChI is InChI=1S/C24H19N3O3/c1-15-4-2-6-18-19(11-20(27-23(15)18)17-5-3-9-25-13-17)24(28)26-12-16-7-8-21-22(10-16)30-14-29-21/h2-11,13H,12,14H2,1H3,(H,26,28). The molecular weight excluding hydrogens is 378 g/mol. The molecular formula is C24H19N3O3. The number of carbonyl (C=O) groups is 1. The molecule has 1 aliphatic rings. The van der Waals surface area contributed by atoms with E-state index in [-0.39, 0.29) is 12.7 Å². The van der Waals surface area contributed by atoms with Crippen LogP contribution in [0, 0.1) is 6.92 Å². The van der Waals surface area contributed by atoms with E-state index in [1.165, 1.54) is 0 Å². The monoisotopic (exact) mass is 397 g/mol. The second-order valence-electron chi connectivity index (χ2n) is 7.14. The molecule has 2 aromatic carbocycles. The van der Waals surface area contributed by atoms with Gasteiger partial charge in [0.1, 0.15) is 0 Å². The van der Waals surface area contributed by atoms with Gasteiger partial charge in [-0.3, -0.25) is 9.78 Å². The summed E-state index contributed by atoms with van der Waals surface area (Å²) in [7, 11) is 0. The number of nitrogens with one attached hydrogen (secondary N) is 1. The maximum Gasteiger partial charge on any atom is 0.252 e. The molecule has 3 heterocycles. The topological polar surface area (TPSA) is 73.3 Å². The van der Waals surface area contributed by atoms with Crippen molar-refractivity contribution in [1.82, 2.24) is 15.3 Å². The number of hydrogen-bond acceptors (Lipinski definition) is 5. The molecule has 1 N–H and O–H groups in total. The van der Waals surface area contributed by atoms with Gasteiger partial charge in [-0.15, -0.1) is 0 Å². The molecule has 0 fully saturated rings. The number of benzene rings is 2. The van der Waals surface area contributed by atoms with Crippen LogP contribution >= 0.6 is 0 Å². The number of carbonyl (C=O) groups excluding carboxylic acids is 1. The number of fused-ring (bicyclic) bond motifs is 2. The zero-order valence-corrected chi connectivity index (χ0v) is 16.4. The lowest BCUT2D eigenvalue weighted by Crippen LogP contribution is -2.23. The number of ether oxygens (including phenoxy) is 2. The first-order chi connectivity index (χ1) is 14.7. The Hall–Kier alpha value is -3.93. The average Bonchev–Trinajstić information content (AvgIpc) is 3.26. The Balaban J connectivity index is 1.49. The van der Waals surface area contributed by atoms with Crippen molar-refractivity contribution >= 4 is 16.8 Å². The van der Waals surface area contributed by atoms with Crippen LogP contribution in [0.3, 0.4) is 0 Å². The highest BCUT2D eigenvalue weighted by Gasteiger charge is 2.17. The first kappa shape index (κ1) is 18.1. The third kappa shape index (κ3) is 3.33. The highest BCUT2D eigenvalue weighted by molar-refractivity contribution is 6.07. The van der Waals surface area contributed by atoms with Crippen molar-refractivity contribution < 1.29 is 14.3 Å². The van der Waals surface area contributed by atoms with Gasteiger partial charge in [-0.2, -0.15) is 0 Å². The fourth-order valence-electron chi connectivity index (χ4n) is 3.57. The second-order valence-corrected chi connectivity index (χ2v) is 7.14. The van der Waals surface area contributed by atoms with Gasteiger partial charge in [0.15, 0.2) is 11.5 Å². The van der Waals surface area contributed by atoms with E-state index in [0.29, 0.717) is 17.9 Å². The minimum absolute atomic E-state index is 0.157.